The number of hydrogen-bond donors (Lipinski definition) is 0. The lowest BCUT2D eigenvalue weighted by Gasteiger charge is -2.01. The van der Waals surface area contributed by atoms with Crippen LogP contribution in [0.3, 0.4) is 0 Å². The molecule has 3 rings (SSSR count). The number of benzene rings is 2. The third-order valence-electron chi connectivity index (χ3n) is 2.81. The summed E-state index contributed by atoms with van der Waals surface area (Å²) in [5.41, 5.74) is 5.57. The Bertz CT molecular complexity index is 495. The summed E-state index contributed by atoms with van der Waals surface area (Å²) in [5.74, 6) is 0. The summed E-state index contributed by atoms with van der Waals surface area (Å²) in [4.78, 5) is 0. The second kappa shape index (κ2) is 3.46. The molecule has 0 amide bonds. The first-order chi connectivity index (χ1) is 7.24. The number of rotatable bonds is 0. The van der Waals surface area contributed by atoms with Gasteiger partial charge in [0.25, 0.3) is 0 Å². The maximum atomic E-state index is 3.52. The van der Waals surface area contributed by atoms with Crippen molar-refractivity contribution in [3.63, 3.8) is 0 Å². The summed E-state index contributed by atoms with van der Waals surface area (Å²) in [5, 5.41) is 0. The van der Waals surface area contributed by atoms with Gasteiger partial charge in [-0.1, -0.05) is 44.0 Å². The first kappa shape index (κ1) is 9.61. The first-order valence-electron chi connectivity index (χ1n) is 4.81. The quantitative estimate of drug-likeness (QED) is 0.558. The average Bonchev–Trinajstić information content (AvgIpc) is 2.56. The van der Waals surface area contributed by atoms with Crippen molar-refractivity contribution < 1.29 is 0 Å². The van der Waals surface area contributed by atoms with Gasteiger partial charge < -0.3 is 0 Å². The largest absolute Gasteiger partial charge is 0.0570 e. The van der Waals surface area contributed by atoms with Crippen molar-refractivity contribution in [1.82, 2.24) is 0 Å². The van der Waals surface area contributed by atoms with Gasteiger partial charge in [-0.05, 0) is 52.9 Å². The Morgan fingerprint density at radius 3 is 1.67 bits per heavy atom. The molecule has 0 N–H and O–H groups in total. The SMILES string of the molecule is Brc1ccc2c(c1)-c1cc(Br)ccc1C2. The van der Waals surface area contributed by atoms with Crippen LogP contribution in [-0.2, 0) is 6.42 Å². The van der Waals surface area contributed by atoms with Gasteiger partial charge in [0.2, 0.25) is 0 Å². The Morgan fingerprint density at radius 2 is 1.20 bits per heavy atom. The molecule has 2 heteroatoms. The minimum absolute atomic E-state index is 1.06. The third-order valence-corrected chi connectivity index (χ3v) is 3.80. The fourth-order valence-corrected chi connectivity index (χ4v) is 2.83. The zero-order valence-electron chi connectivity index (χ0n) is 7.93. The summed E-state index contributed by atoms with van der Waals surface area (Å²) in [6.07, 6.45) is 1.06. The molecule has 0 bridgehead atoms. The van der Waals surface area contributed by atoms with Crippen LogP contribution in [-0.4, -0.2) is 0 Å². The van der Waals surface area contributed by atoms with E-state index in [-0.39, 0.29) is 0 Å². The van der Waals surface area contributed by atoms with Gasteiger partial charge in [0.05, 0.1) is 0 Å². The van der Waals surface area contributed by atoms with Crippen LogP contribution < -0.4 is 0 Å². The highest BCUT2D eigenvalue weighted by molar-refractivity contribution is 9.10. The Morgan fingerprint density at radius 1 is 0.733 bits per heavy atom. The molecule has 0 aliphatic heterocycles. The molecule has 2 aromatic carbocycles. The van der Waals surface area contributed by atoms with Crippen molar-refractivity contribution in [2.45, 2.75) is 6.42 Å². The molecule has 0 fully saturated rings. The van der Waals surface area contributed by atoms with Crippen LogP contribution in [0.15, 0.2) is 45.3 Å². The van der Waals surface area contributed by atoms with Crippen LogP contribution in [0.4, 0.5) is 0 Å². The van der Waals surface area contributed by atoms with Crippen molar-refractivity contribution in [3.8, 4) is 11.1 Å². The number of hydrogen-bond acceptors (Lipinski definition) is 0. The standard InChI is InChI=1S/C13H8Br2/c14-10-3-1-8-5-9-2-4-11(15)7-13(9)12(8)6-10/h1-4,6-7H,5H2. The van der Waals surface area contributed by atoms with Crippen molar-refractivity contribution in [1.29, 1.82) is 0 Å². The van der Waals surface area contributed by atoms with E-state index in [9.17, 15) is 0 Å². The van der Waals surface area contributed by atoms with Crippen LogP contribution in [0.25, 0.3) is 11.1 Å². The Kier molecular flexibility index (Phi) is 2.22. The van der Waals surface area contributed by atoms with E-state index in [0.717, 1.165) is 15.4 Å². The minimum Gasteiger partial charge on any atom is -0.0570 e. The molecule has 0 aromatic heterocycles. The molecule has 0 radical (unpaired) electrons. The fourth-order valence-electron chi connectivity index (χ4n) is 2.11. The maximum absolute atomic E-state index is 3.52. The van der Waals surface area contributed by atoms with Gasteiger partial charge >= 0.3 is 0 Å². The highest BCUT2D eigenvalue weighted by Gasteiger charge is 2.18. The van der Waals surface area contributed by atoms with Gasteiger partial charge in [-0.15, -0.1) is 0 Å². The number of fused-ring (bicyclic) bond motifs is 3. The van der Waals surface area contributed by atoms with E-state index in [4.69, 9.17) is 0 Å². The van der Waals surface area contributed by atoms with Crippen molar-refractivity contribution in [2.75, 3.05) is 0 Å². The predicted molar refractivity (Wildman–Crippen MR) is 70.1 cm³/mol. The van der Waals surface area contributed by atoms with Gasteiger partial charge in [0, 0.05) is 8.95 Å². The Balaban J connectivity index is 2.28. The van der Waals surface area contributed by atoms with E-state index in [0.29, 0.717) is 0 Å². The van der Waals surface area contributed by atoms with Crippen LogP contribution in [0.2, 0.25) is 0 Å². The Hall–Kier alpha value is -0.600. The van der Waals surface area contributed by atoms with E-state index in [1.807, 2.05) is 0 Å². The fraction of sp³-hybridized carbons (Fsp3) is 0.0769. The molecule has 1 aliphatic rings. The van der Waals surface area contributed by atoms with Gasteiger partial charge in [-0.2, -0.15) is 0 Å². The van der Waals surface area contributed by atoms with Crippen molar-refractivity contribution in [2.24, 2.45) is 0 Å². The second-order valence-corrected chi connectivity index (χ2v) is 5.61. The second-order valence-electron chi connectivity index (χ2n) is 3.78. The highest BCUT2D eigenvalue weighted by atomic mass is 79.9. The van der Waals surface area contributed by atoms with Crippen LogP contribution >= 0.6 is 31.9 Å². The molecular formula is C13H8Br2. The lowest BCUT2D eigenvalue weighted by Crippen LogP contribution is -1.78. The van der Waals surface area contributed by atoms with Gasteiger partial charge in [-0.25, -0.2) is 0 Å². The van der Waals surface area contributed by atoms with Crippen LogP contribution in [0.5, 0.6) is 0 Å². The molecule has 1 aliphatic carbocycles. The molecule has 0 unspecified atom stereocenters. The van der Waals surface area contributed by atoms with E-state index in [1.165, 1.54) is 22.3 Å². The lowest BCUT2D eigenvalue weighted by atomic mass is 10.1. The molecule has 74 valence electrons. The molecule has 0 saturated carbocycles. The van der Waals surface area contributed by atoms with Gasteiger partial charge in [0.15, 0.2) is 0 Å². The molecule has 0 atom stereocenters. The zero-order chi connectivity index (χ0) is 10.4. The number of halogens is 2. The van der Waals surface area contributed by atoms with Crippen LogP contribution in [0, 0.1) is 0 Å². The molecule has 2 aromatic rings. The highest BCUT2D eigenvalue weighted by Crippen LogP contribution is 2.39. The smallest absolute Gasteiger partial charge is 0.0181 e. The average molecular weight is 324 g/mol. The monoisotopic (exact) mass is 322 g/mol. The molecular weight excluding hydrogens is 316 g/mol. The topological polar surface area (TPSA) is 0 Å². The summed E-state index contributed by atoms with van der Waals surface area (Å²) >= 11 is 7.05. The Labute approximate surface area is 106 Å². The van der Waals surface area contributed by atoms with Gasteiger partial charge in [0.1, 0.15) is 0 Å². The van der Waals surface area contributed by atoms with E-state index in [1.54, 1.807) is 0 Å². The van der Waals surface area contributed by atoms with E-state index >= 15 is 0 Å². The summed E-state index contributed by atoms with van der Waals surface area (Å²) in [6, 6.07) is 13.0. The third kappa shape index (κ3) is 1.56. The predicted octanol–water partition coefficient (Wildman–Crippen LogP) is 4.78. The molecule has 0 spiro atoms. The normalized spacial score (nSPS) is 12.4. The summed E-state index contributed by atoms with van der Waals surface area (Å²) in [6.45, 7) is 0. The summed E-state index contributed by atoms with van der Waals surface area (Å²) < 4.78 is 2.29. The molecule has 0 heterocycles. The van der Waals surface area contributed by atoms with Crippen molar-refractivity contribution >= 4 is 31.9 Å². The lowest BCUT2D eigenvalue weighted by molar-refractivity contribution is 1.26. The minimum atomic E-state index is 1.06. The van der Waals surface area contributed by atoms with E-state index < -0.39 is 0 Å². The zero-order valence-corrected chi connectivity index (χ0v) is 11.1. The molecule has 15 heavy (non-hydrogen) atoms. The molecule has 0 saturated heterocycles. The summed E-state index contributed by atoms with van der Waals surface area (Å²) in [7, 11) is 0. The van der Waals surface area contributed by atoms with Gasteiger partial charge in [-0.3, -0.25) is 0 Å². The van der Waals surface area contributed by atoms with Crippen molar-refractivity contribution in [3.05, 3.63) is 56.5 Å². The first-order valence-corrected chi connectivity index (χ1v) is 6.40. The van der Waals surface area contributed by atoms with Crippen LogP contribution in [0.1, 0.15) is 11.1 Å². The maximum Gasteiger partial charge on any atom is 0.0181 e. The molecule has 0 nitrogen and oxygen atoms in total. The van der Waals surface area contributed by atoms with E-state index in [2.05, 4.69) is 68.3 Å².